The van der Waals surface area contributed by atoms with Crippen molar-refractivity contribution in [3.05, 3.63) is 59.9 Å². The van der Waals surface area contributed by atoms with Crippen molar-refractivity contribution >= 4 is 17.5 Å². The zero-order chi connectivity index (χ0) is 17.6. The first-order chi connectivity index (χ1) is 11.4. The van der Waals surface area contributed by atoms with Gasteiger partial charge in [-0.1, -0.05) is 25.1 Å². The van der Waals surface area contributed by atoms with Crippen LogP contribution in [0.15, 0.2) is 48.8 Å². The van der Waals surface area contributed by atoms with Crippen LogP contribution < -0.4 is 10.6 Å². The molecule has 0 saturated heterocycles. The minimum Gasteiger partial charge on any atom is -0.351 e. The Morgan fingerprint density at radius 1 is 1.04 bits per heavy atom. The Labute approximate surface area is 142 Å². The maximum atomic E-state index is 12.6. The lowest BCUT2D eigenvalue weighted by molar-refractivity contribution is -0.138. The van der Waals surface area contributed by atoms with E-state index in [1.54, 1.807) is 26.2 Å². The Morgan fingerprint density at radius 2 is 1.71 bits per heavy atom. The molecule has 0 fully saturated rings. The van der Waals surface area contributed by atoms with Gasteiger partial charge in [-0.15, -0.1) is 0 Å². The second kappa shape index (κ2) is 7.73. The van der Waals surface area contributed by atoms with Gasteiger partial charge in [0.15, 0.2) is 0 Å². The van der Waals surface area contributed by atoms with Gasteiger partial charge >= 0.3 is 0 Å². The molecular weight excluding hydrogens is 302 g/mol. The van der Waals surface area contributed by atoms with E-state index in [0.717, 1.165) is 23.2 Å². The standard InChI is InChI=1S/C19H23N3O2/c1-4-15-7-5-6-8-16(15)22-18(24)19(2,3)17(23)21-13-14-9-11-20-12-10-14/h5-12H,4,13H2,1-3H3,(H,21,23)(H,22,24). The van der Waals surface area contributed by atoms with Crippen molar-refractivity contribution in [1.82, 2.24) is 10.3 Å². The molecule has 0 unspecified atom stereocenters. The molecule has 0 bridgehead atoms. The predicted molar refractivity (Wildman–Crippen MR) is 94.3 cm³/mol. The van der Waals surface area contributed by atoms with Gasteiger partial charge in [0.2, 0.25) is 11.8 Å². The summed E-state index contributed by atoms with van der Waals surface area (Å²) in [7, 11) is 0. The Bertz CT molecular complexity index is 712. The number of nitrogens with zero attached hydrogens (tertiary/aromatic N) is 1. The Kier molecular flexibility index (Phi) is 5.68. The van der Waals surface area contributed by atoms with E-state index in [9.17, 15) is 9.59 Å². The van der Waals surface area contributed by atoms with Crippen molar-refractivity contribution in [3.63, 3.8) is 0 Å². The van der Waals surface area contributed by atoms with Crippen LogP contribution in [0.5, 0.6) is 0 Å². The zero-order valence-corrected chi connectivity index (χ0v) is 14.3. The number of anilines is 1. The van der Waals surface area contributed by atoms with Crippen LogP contribution in [0.25, 0.3) is 0 Å². The Balaban J connectivity index is 2.02. The number of benzene rings is 1. The highest BCUT2D eigenvalue weighted by molar-refractivity contribution is 6.10. The third-order valence-corrected chi connectivity index (χ3v) is 3.98. The summed E-state index contributed by atoms with van der Waals surface area (Å²) in [6, 6.07) is 11.3. The van der Waals surface area contributed by atoms with E-state index in [4.69, 9.17) is 0 Å². The van der Waals surface area contributed by atoms with Gasteiger partial charge in [-0.2, -0.15) is 0 Å². The minimum atomic E-state index is -1.17. The molecular formula is C19H23N3O2. The maximum absolute atomic E-state index is 12.6. The number of aromatic nitrogens is 1. The monoisotopic (exact) mass is 325 g/mol. The number of hydrogen-bond donors (Lipinski definition) is 2. The summed E-state index contributed by atoms with van der Waals surface area (Å²) in [5.74, 6) is -0.638. The van der Waals surface area contributed by atoms with Gasteiger partial charge in [0, 0.05) is 24.6 Å². The number of pyridine rings is 1. The number of para-hydroxylation sites is 1. The second-order valence-electron chi connectivity index (χ2n) is 6.13. The molecule has 1 aromatic heterocycles. The Hall–Kier alpha value is -2.69. The molecule has 0 aliphatic carbocycles. The largest absolute Gasteiger partial charge is 0.351 e. The molecule has 2 rings (SSSR count). The summed E-state index contributed by atoms with van der Waals surface area (Å²) in [4.78, 5) is 28.9. The van der Waals surface area contributed by atoms with Crippen LogP contribution in [-0.4, -0.2) is 16.8 Å². The smallest absolute Gasteiger partial charge is 0.239 e. The molecule has 0 spiro atoms. The fourth-order valence-corrected chi connectivity index (χ4v) is 2.24. The Morgan fingerprint density at radius 3 is 2.38 bits per heavy atom. The lowest BCUT2D eigenvalue weighted by Crippen LogP contribution is -2.45. The molecule has 2 N–H and O–H groups in total. The van der Waals surface area contributed by atoms with Crippen LogP contribution in [0.1, 0.15) is 31.9 Å². The first kappa shape index (κ1) is 17.7. The number of rotatable bonds is 6. The van der Waals surface area contributed by atoms with Crippen LogP contribution in [-0.2, 0) is 22.6 Å². The van der Waals surface area contributed by atoms with Gasteiger partial charge < -0.3 is 10.6 Å². The average molecular weight is 325 g/mol. The van der Waals surface area contributed by atoms with Gasteiger partial charge in [-0.25, -0.2) is 0 Å². The SMILES string of the molecule is CCc1ccccc1NC(=O)C(C)(C)C(=O)NCc1ccncc1. The van der Waals surface area contributed by atoms with Crippen molar-refractivity contribution in [2.24, 2.45) is 5.41 Å². The summed E-state index contributed by atoms with van der Waals surface area (Å²) < 4.78 is 0. The van der Waals surface area contributed by atoms with Crippen LogP contribution in [0, 0.1) is 5.41 Å². The first-order valence-electron chi connectivity index (χ1n) is 8.01. The van der Waals surface area contributed by atoms with E-state index in [0.29, 0.717) is 6.54 Å². The summed E-state index contributed by atoms with van der Waals surface area (Å²) >= 11 is 0. The van der Waals surface area contributed by atoms with Crippen LogP contribution >= 0.6 is 0 Å². The van der Waals surface area contributed by atoms with Crippen molar-refractivity contribution in [2.45, 2.75) is 33.7 Å². The average Bonchev–Trinajstić information content (AvgIpc) is 2.60. The molecule has 5 heteroatoms. The fourth-order valence-electron chi connectivity index (χ4n) is 2.24. The lowest BCUT2D eigenvalue weighted by Gasteiger charge is -2.23. The van der Waals surface area contributed by atoms with E-state index in [2.05, 4.69) is 15.6 Å². The third kappa shape index (κ3) is 4.19. The van der Waals surface area contributed by atoms with Gasteiger partial charge in [0.05, 0.1) is 0 Å². The fraction of sp³-hybridized carbons (Fsp3) is 0.316. The minimum absolute atomic E-state index is 0.314. The molecule has 5 nitrogen and oxygen atoms in total. The molecule has 0 saturated carbocycles. The topological polar surface area (TPSA) is 71.1 Å². The van der Waals surface area contributed by atoms with Gasteiger partial charge in [-0.3, -0.25) is 14.6 Å². The molecule has 126 valence electrons. The van der Waals surface area contributed by atoms with E-state index < -0.39 is 5.41 Å². The highest BCUT2D eigenvalue weighted by Crippen LogP contribution is 2.22. The quantitative estimate of drug-likeness (QED) is 0.802. The van der Waals surface area contributed by atoms with Crippen LogP contribution in [0.2, 0.25) is 0 Å². The first-order valence-corrected chi connectivity index (χ1v) is 8.01. The number of nitrogens with one attached hydrogen (secondary N) is 2. The van der Waals surface area contributed by atoms with Crippen molar-refractivity contribution in [3.8, 4) is 0 Å². The molecule has 2 aromatic rings. The molecule has 0 aliphatic heterocycles. The van der Waals surface area contributed by atoms with Crippen LogP contribution in [0.4, 0.5) is 5.69 Å². The normalized spacial score (nSPS) is 11.0. The van der Waals surface area contributed by atoms with Crippen molar-refractivity contribution in [1.29, 1.82) is 0 Å². The van der Waals surface area contributed by atoms with E-state index in [-0.39, 0.29) is 11.8 Å². The van der Waals surface area contributed by atoms with E-state index in [1.807, 2.05) is 43.3 Å². The number of amides is 2. The molecule has 24 heavy (non-hydrogen) atoms. The van der Waals surface area contributed by atoms with Gasteiger partial charge in [-0.05, 0) is 49.6 Å². The number of carbonyl (C=O) groups excluding carboxylic acids is 2. The molecule has 0 aliphatic rings. The van der Waals surface area contributed by atoms with E-state index >= 15 is 0 Å². The zero-order valence-electron chi connectivity index (χ0n) is 14.3. The van der Waals surface area contributed by atoms with Gasteiger partial charge in [0.1, 0.15) is 5.41 Å². The maximum Gasteiger partial charge on any atom is 0.239 e. The second-order valence-corrected chi connectivity index (χ2v) is 6.13. The number of hydrogen-bond acceptors (Lipinski definition) is 3. The van der Waals surface area contributed by atoms with Crippen molar-refractivity contribution < 1.29 is 9.59 Å². The molecule has 0 atom stereocenters. The predicted octanol–water partition coefficient (Wildman–Crippen LogP) is 2.93. The van der Waals surface area contributed by atoms with Gasteiger partial charge in [0.25, 0.3) is 0 Å². The molecule has 2 amide bonds. The third-order valence-electron chi connectivity index (χ3n) is 3.98. The van der Waals surface area contributed by atoms with E-state index in [1.165, 1.54) is 0 Å². The molecule has 1 heterocycles. The summed E-state index contributed by atoms with van der Waals surface area (Å²) in [6.07, 6.45) is 4.15. The summed E-state index contributed by atoms with van der Waals surface area (Å²) in [5, 5.41) is 5.68. The lowest BCUT2D eigenvalue weighted by atomic mass is 9.90. The summed E-state index contributed by atoms with van der Waals surface area (Å²) in [6.45, 7) is 5.64. The number of carbonyl (C=O) groups is 2. The summed E-state index contributed by atoms with van der Waals surface area (Å²) in [5.41, 5.74) is 1.55. The number of aryl methyl sites for hydroxylation is 1. The highest BCUT2D eigenvalue weighted by Gasteiger charge is 2.36. The van der Waals surface area contributed by atoms with Crippen molar-refractivity contribution in [2.75, 3.05) is 5.32 Å². The highest BCUT2D eigenvalue weighted by atomic mass is 16.2. The molecule has 0 radical (unpaired) electrons. The molecule has 1 aromatic carbocycles. The van der Waals surface area contributed by atoms with Crippen LogP contribution in [0.3, 0.4) is 0 Å².